The van der Waals surface area contributed by atoms with E-state index in [2.05, 4.69) is 9.97 Å². The first-order valence-electron chi connectivity index (χ1n) is 10.8. The van der Waals surface area contributed by atoms with E-state index in [1.807, 2.05) is 13.0 Å². The summed E-state index contributed by atoms with van der Waals surface area (Å²) in [4.78, 5) is 35.3. The molecule has 1 fully saturated rings. The molecule has 0 spiro atoms. The van der Waals surface area contributed by atoms with Crippen molar-refractivity contribution in [3.63, 3.8) is 0 Å². The molecule has 35 heavy (non-hydrogen) atoms. The molecule has 1 atom stereocenters. The highest BCUT2D eigenvalue weighted by Gasteiger charge is 2.48. The van der Waals surface area contributed by atoms with Gasteiger partial charge in [-0.2, -0.15) is 0 Å². The monoisotopic (exact) mass is 491 g/mol. The van der Waals surface area contributed by atoms with E-state index in [9.17, 15) is 19.1 Å². The maximum atomic E-state index is 13.7. The number of halogens is 2. The average Bonchev–Trinajstić information content (AvgIpc) is 3.39. The number of ketones is 1. The van der Waals surface area contributed by atoms with Gasteiger partial charge in [0.05, 0.1) is 34.3 Å². The fourth-order valence-electron chi connectivity index (χ4n) is 4.15. The van der Waals surface area contributed by atoms with E-state index >= 15 is 0 Å². The van der Waals surface area contributed by atoms with Crippen LogP contribution in [0.15, 0.2) is 72.3 Å². The van der Waals surface area contributed by atoms with Crippen LogP contribution >= 0.6 is 11.6 Å². The van der Waals surface area contributed by atoms with E-state index in [4.69, 9.17) is 16.3 Å². The minimum Gasteiger partial charge on any atom is -0.507 e. The maximum Gasteiger partial charge on any atom is 0.302 e. The van der Waals surface area contributed by atoms with Crippen LogP contribution < -0.4 is 9.64 Å². The number of amides is 1. The lowest BCUT2D eigenvalue weighted by Gasteiger charge is -2.23. The van der Waals surface area contributed by atoms with Gasteiger partial charge in [-0.1, -0.05) is 35.9 Å². The summed E-state index contributed by atoms with van der Waals surface area (Å²) in [6.07, 6.45) is 0. The predicted octanol–water partition coefficient (Wildman–Crippen LogP) is 5.38. The molecule has 9 heteroatoms. The number of aromatic amines is 1. The molecular weight excluding hydrogens is 473 g/mol. The number of aliphatic hydroxyl groups is 1. The van der Waals surface area contributed by atoms with Gasteiger partial charge in [0.15, 0.2) is 0 Å². The van der Waals surface area contributed by atoms with Gasteiger partial charge in [-0.3, -0.25) is 14.5 Å². The van der Waals surface area contributed by atoms with Crippen LogP contribution in [0.3, 0.4) is 0 Å². The topological polar surface area (TPSA) is 95.5 Å². The molecule has 1 amide bonds. The number of aromatic nitrogens is 2. The summed E-state index contributed by atoms with van der Waals surface area (Å²) in [6.45, 7) is 2.19. The fourth-order valence-corrected chi connectivity index (χ4v) is 4.36. The Kier molecular flexibility index (Phi) is 5.74. The summed E-state index contributed by atoms with van der Waals surface area (Å²) < 4.78 is 19.2. The van der Waals surface area contributed by atoms with Crippen molar-refractivity contribution in [2.45, 2.75) is 13.0 Å². The van der Waals surface area contributed by atoms with Crippen molar-refractivity contribution in [1.82, 2.24) is 9.97 Å². The van der Waals surface area contributed by atoms with Gasteiger partial charge in [0.2, 0.25) is 5.95 Å². The van der Waals surface area contributed by atoms with E-state index in [0.29, 0.717) is 29.0 Å². The maximum absolute atomic E-state index is 13.7. The first-order valence-corrected chi connectivity index (χ1v) is 11.2. The number of hydrogen-bond donors (Lipinski definition) is 2. The van der Waals surface area contributed by atoms with Crippen molar-refractivity contribution in [1.29, 1.82) is 0 Å². The normalized spacial score (nSPS) is 17.3. The molecule has 2 N–H and O–H groups in total. The van der Waals surface area contributed by atoms with Crippen LogP contribution in [0.4, 0.5) is 10.3 Å². The second kappa shape index (κ2) is 8.88. The molecule has 2 heterocycles. The van der Waals surface area contributed by atoms with E-state index < -0.39 is 29.3 Å². The lowest BCUT2D eigenvalue weighted by atomic mass is 9.95. The molecule has 3 aromatic carbocycles. The molecule has 1 aromatic heterocycles. The van der Waals surface area contributed by atoms with Crippen LogP contribution in [0.5, 0.6) is 5.75 Å². The minimum absolute atomic E-state index is 0.121. The Morgan fingerprint density at radius 3 is 2.60 bits per heavy atom. The number of hydrogen-bond acceptors (Lipinski definition) is 5. The third-order valence-corrected chi connectivity index (χ3v) is 6.07. The summed E-state index contributed by atoms with van der Waals surface area (Å²) >= 11 is 6.35. The van der Waals surface area contributed by atoms with Crippen molar-refractivity contribution in [3.05, 3.63) is 94.3 Å². The number of Topliss-reactive ketones (excluding diaryl/α,β-unsaturated/α-hetero) is 1. The molecule has 1 unspecified atom stereocenters. The van der Waals surface area contributed by atoms with Gasteiger partial charge in [-0.25, -0.2) is 9.37 Å². The fraction of sp³-hybridized carbons (Fsp3) is 0.115. The number of nitrogens with zero attached hydrogens (tertiary/aromatic N) is 2. The van der Waals surface area contributed by atoms with Crippen molar-refractivity contribution < 1.29 is 23.8 Å². The number of aliphatic hydroxyl groups excluding tert-OH is 1. The Morgan fingerprint density at radius 1 is 1.14 bits per heavy atom. The zero-order chi connectivity index (χ0) is 24.7. The SMILES string of the molecule is CCOc1ccc(Cl)c(/C(O)=C2\C(=O)C(=O)N(c3nc4ccccc4[nH]3)C2c2ccc(F)cc2)c1. The van der Waals surface area contributed by atoms with Gasteiger partial charge < -0.3 is 14.8 Å². The first kappa shape index (κ1) is 22.6. The molecule has 1 aliphatic rings. The molecular formula is C26H19ClFN3O4. The highest BCUT2D eigenvalue weighted by atomic mass is 35.5. The number of benzene rings is 3. The average molecular weight is 492 g/mol. The van der Waals surface area contributed by atoms with Crippen LogP contribution in [0.1, 0.15) is 24.1 Å². The smallest absolute Gasteiger partial charge is 0.302 e. The standard InChI is InChI=1S/C26H19ClFN3O4/c1-2-35-16-11-12-18(27)17(13-16)23(32)21-22(14-7-9-15(28)10-8-14)31(25(34)24(21)33)26-29-19-5-3-4-6-20(19)30-26/h3-13,22,32H,2H2,1H3,(H,29,30)/b23-21+. The van der Waals surface area contributed by atoms with E-state index in [1.165, 1.54) is 41.3 Å². The molecule has 1 aliphatic heterocycles. The summed E-state index contributed by atoms with van der Waals surface area (Å²) in [5.41, 5.74) is 1.60. The molecule has 176 valence electrons. The zero-order valence-electron chi connectivity index (χ0n) is 18.5. The highest BCUT2D eigenvalue weighted by molar-refractivity contribution is 6.51. The van der Waals surface area contributed by atoms with E-state index in [0.717, 1.165) is 0 Å². The van der Waals surface area contributed by atoms with Gasteiger partial charge in [0, 0.05) is 5.56 Å². The largest absolute Gasteiger partial charge is 0.507 e. The molecule has 0 bridgehead atoms. The van der Waals surface area contributed by atoms with Gasteiger partial charge in [0.1, 0.15) is 17.3 Å². The number of ether oxygens (including phenoxy) is 1. The van der Waals surface area contributed by atoms with Crippen LogP contribution in [-0.4, -0.2) is 33.4 Å². The van der Waals surface area contributed by atoms with Gasteiger partial charge >= 0.3 is 5.91 Å². The molecule has 4 aromatic rings. The predicted molar refractivity (Wildman–Crippen MR) is 130 cm³/mol. The van der Waals surface area contributed by atoms with E-state index in [1.54, 1.807) is 24.3 Å². The van der Waals surface area contributed by atoms with E-state index in [-0.39, 0.29) is 22.1 Å². The van der Waals surface area contributed by atoms with Crippen molar-refractivity contribution >= 4 is 46.0 Å². The quantitative estimate of drug-likeness (QED) is 0.222. The number of carbonyl (C=O) groups excluding carboxylic acids is 2. The second-order valence-corrected chi connectivity index (χ2v) is 8.28. The number of H-pyrrole nitrogens is 1. The minimum atomic E-state index is -1.08. The summed E-state index contributed by atoms with van der Waals surface area (Å²) in [7, 11) is 0. The van der Waals surface area contributed by atoms with Crippen LogP contribution in [0.2, 0.25) is 5.02 Å². The second-order valence-electron chi connectivity index (χ2n) is 7.87. The Balaban J connectivity index is 1.73. The third-order valence-electron chi connectivity index (χ3n) is 5.74. The zero-order valence-corrected chi connectivity index (χ0v) is 19.2. The number of carbonyl (C=O) groups is 2. The van der Waals surface area contributed by atoms with Crippen LogP contribution in [0, 0.1) is 5.82 Å². The van der Waals surface area contributed by atoms with Crippen molar-refractivity contribution in [3.8, 4) is 5.75 Å². The highest BCUT2D eigenvalue weighted by Crippen LogP contribution is 2.43. The van der Waals surface area contributed by atoms with Gasteiger partial charge in [-0.05, 0) is 55.0 Å². The molecule has 0 radical (unpaired) electrons. The molecule has 5 rings (SSSR count). The molecule has 0 aliphatic carbocycles. The summed E-state index contributed by atoms with van der Waals surface area (Å²) in [6, 6.07) is 16.1. The number of imidazole rings is 1. The Bertz CT molecular complexity index is 1460. The van der Waals surface area contributed by atoms with Crippen LogP contribution in [-0.2, 0) is 9.59 Å². The third kappa shape index (κ3) is 3.91. The number of rotatable bonds is 5. The number of anilines is 1. The van der Waals surface area contributed by atoms with Crippen molar-refractivity contribution in [2.24, 2.45) is 0 Å². The van der Waals surface area contributed by atoms with Gasteiger partial charge in [0.25, 0.3) is 5.78 Å². The Labute approximate surface area is 204 Å². The lowest BCUT2D eigenvalue weighted by Crippen LogP contribution is -2.30. The molecule has 7 nitrogen and oxygen atoms in total. The summed E-state index contributed by atoms with van der Waals surface area (Å²) in [5, 5.41) is 11.5. The number of fused-ring (bicyclic) bond motifs is 1. The first-order chi connectivity index (χ1) is 16.9. The van der Waals surface area contributed by atoms with Crippen LogP contribution in [0.25, 0.3) is 16.8 Å². The lowest BCUT2D eigenvalue weighted by molar-refractivity contribution is -0.132. The Hall–Kier alpha value is -4.17. The van der Waals surface area contributed by atoms with Gasteiger partial charge in [-0.15, -0.1) is 0 Å². The summed E-state index contributed by atoms with van der Waals surface area (Å²) in [5.74, 6) is -2.21. The molecule has 1 saturated heterocycles. The molecule has 0 saturated carbocycles. The number of para-hydroxylation sites is 2. The Morgan fingerprint density at radius 2 is 1.89 bits per heavy atom. The number of nitrogens with one attached hydrogen (secondary N) is 1. The van der Waals surface area contributed by atoms with Crippen molar-refractivity contribution in [2.75, 3.05) is 11.5 Å².